The molecule has 2 rings (SSSR count). The van der Waals surface area contributed by atoms with Crippen LogP contribution in [0.2, 0.25) is 0 Å². The number of aliphatic imine (C=N–C) groups is 1. The van der Waals surface area contributed by atoms with Crippen molar-refractivity contribution in [1.29, 1.82) is 0 Å². The van der Waals surface area contributed by atoms with Crippen LogP contribution in [-0.4, -0.2) is 63.2 Å². The highest BCUT2D eigenvalue weighted by atomic mass is 127. The molecule has 10 heteroatoms. The van der Waals surface area contributed by atoms with E-state index in [9.17, 15) is 9.59 Å². The third-order valence-corrected chi connectivity index (χ3v) is 4.13. The Morgan fingerprint density at radius 2 is 2.07 bits per heavy atom. The molecule has 1 aromatic carbocycles. The summed E-state index contributed by atoms with van der Waals surface area (Å²) in [5, 5.41) is 8.96. The zero-order valence-corrected chi connectivity index (χ0v) is 18.9. The Morgan fingerprint density at radius 1 is 1.32 bits per heavy atom. The molecular formula is C18H28IN5O4. The Labute approximate surface area is 182 Å². The molecule has 1 fully saturated rings. The Kier molecular flexibility index (Phi) is 9.83. The van der Waals surface area contributed by atoms with E-state index in [1.165, 1.54) is 4.90 Å². The summed E-state index contributed by atoms with van der Waals surface area (Å²) in [6.45, 7) is 5.21. The van der Waals surface area contributed by atoms with Gasteiger partial charge in [0.2, 0.25) is 5.91 Å². The predicted molar refractivity (Wildman–Crippen MR) is 118 cm³/mol. The number of methoxy groups -OCH3 is 2. The molecule has 1 aliphatic heterocycles. The van der Waals surface area contributed by atoms with Gasteiger partial charge in [-0.1, -0.05) is 0 Å². The van der Waals surface area contributed by atoms with Crippen LogP contribution < -0.4 is 25.4 Å². The molecule has 1 aromatic rings. The molecule has 1 saturated heterocycles. The van der Waals surface area contributed by atoms with E-state index in [-0.39, 0.29) is 55.0 Å². The SMILES string of the molecule is CCNC(=NCCN1C(=O)CNC1=O)NC(C)c1cc(OC)ccc1OC.I. The lowest BCUT2D eigenvalue weighted by Gasteiger charge is -2.21. The summed E-state index contributed by atoms with van der Waals surface area (Å²) in [4.78, 5) is 28.8. The quantitative estimate of drug-likeness (QED) is 0.214. The number of hydrogen-bond acceptors (Lipinski definition) is 5. The number of benzene rings is 1. The van der Waals surface area contributed by atoms with Crippen LogP contribution in [0, 0.1) is 0 Å². The number of rotatable bonds is 8. The molecule has 0 spiro atoms. The van der Waals surface area contributed by atoms with Gasteiger partial charge in [-0.2, -0.15) is 0 Å². The minimum absolute atomic E-state index is 0. The molecule has 0 radical (unpaired) electrons. The highest BCUT2D eigenvalue weighted by Gasteiger charge is 2.27. The largest absolute Gasteiger partial charge is 0.497 e. The summed E-state index contributed by atoms with van der Waals surface area (Å²) in [6.07, 6.45) is 0. The number of carbonyl (C=O) groups is 2. The number of hydrogen-bond donors (Lipinski definition) is 3. The van der Waals surface area contributed by atoms with Crippen molar-refractivity contribution >= 4 is 41.9 Å². The number of carbonyl (C=O) groups excluding carboxylic acids is 2. The second-order valence-corrected chi connectivity index (χ2v) is 5.94. The standard InChI is InChI=1S/C18H27N5O4.HI/c1-5-19-17(20-8-9-23-16(24)11-21-18(23)25)22-12(2)14-10-13(26-3)6-7-15(14)27-4;/h6-7,10,12H,5,8-9,11H2,1-4H3,(H,21,25)(H2,19,20,22);1H. The molecule has 0 bridgehead atoms. The zero-order valence-electron chi connectivity index (χ0n) is 16.6. The smallest absolute Gasteiger partial charge is 0.324 e. The normalized spacial score (nSPS) is 14.9. The van der Waals surface area contributed by atoms with Gasteiger partial charge in [0.1, 0.15) is 11.5 Å². The molecule has 3 amide bonds. The molecule has 9 nitrogen and oxygen atoms in total. The Balaban J connectivity index is 0.00000392. The minimum Gasteiger partial charge on any atom is -0.497 e. The lowest BCUT2D eigenvalue weighted by Crippen LogP contribution is -2.40. The van der Waals surface area contributed by atoms with Crippen LogP contribution in [0.3, 0.4) is 0 Å². The van der Waals surface area contributed by atoms with Crippen LogP contribution in [0.1, 0.15) is 25.5 Å². The van der Waals surface area contributed by atoms with Crippen LogP contribution in [0.5, 0.6) is 11.5 Å². The van der Waals surface area contributed by atoms with E-state index in [1.807, 2.05) is 32.0 Å². The molecule has 156 valence electrons. The fourth-order valence-corrected chi connectivity index (χ4v) is 2.72. The number of guanidine groups is 1. The van der Waals surface area contributed by atoms with Crippen molar-refractivity contribution < 1.29 is 19.1 Å². The number of urea groups is 1. The topological polar surface area (TPSA) is 104 Å². The van der Waals surface area contributed by atoms with Gasteiger partial charge < -0.3 is 25.4 Å². The molecule has 28 heavy (non-hydrogen) atoms. The summed E-state index contributed by atoms with van der Waals surface area (Å²) in [5.74, 6) is 1.83. The molecule has 0 aliphatic carbocycles. The van der Waals surface area contributed by atoms with Crippen LogP contribution in [-0.2, 0) is 4.79 Å². The maximum Gasteiger partial charge on any atom is 0.324 e. The first-order valence-corrected chi connectivity index (χ1v) is 8.85. The van der Waals surface area contributed by atoms with E-state index in [0.29, 0.717) is 19.0 Å². The van der Waals surface area contributed by atoms with Gasteiger partial charge in [0.15, 0.2) is 5.96 Å². The molecular weight excluding hydrogens is 477 g/mol. The average molecular weight is 505 g/mol. The zero-order chi connectivity index (χ0) is 19.8. The van der Waals surface area contributed by atoms with E-state index in [2.05, 4.69) is 20.9 Å². The number of imide groups is 1. The van der Waals surface area contributed by atoms with Crippen LogP contribution in [0.15, 0.2) is 23.2 Å². The van der Waals surface area contributed by atoms with Crippen LogP contribution >= 0.6 is 24.0 Å². The third-order valence-electron chi connectivity index (χ3n) is 4.13. The summed E-state index contributed by atoms with van der Waals surface area (Å²) in [7, 11) is 3.24. The first-order chi connectivity index (χ1) is 13.0. The third kappa shape index (κ3) is 6.14. The summed E-state index contributed by atoms with van der Waals surface area (Å²) in [5.41, 5.74) is 0.927. The minimum atomic E-state index is -0.373. The predicted octanol–water partition coefficient (Wildman–Crippen LogP) is 1.49. The van der Waals surface area contributed by atoms with Gasteiger partial charge in [-0.3, -0.25) is 14.7 Å². The van der Waals surface area contributed by atoms with E-state index in [0.717, 1.165) is 17.1 Å². The van der Waals surface area contributed by atoms with Crippen molar-refractivity contribution in [3.8, 4) is 11.5 Å². The van der Waals surface area contributed by atoms with Gasteiger partial charge >= 0.3 is 6.03 Å². The van der Waals surface area contributed by atoms with Crippen molar-refractivity contribution in [3.63, 3.8) is 0 Å². The van der Waals surface area contributed by atoms with Gasteiger partial charge in [0, 0.05) is 12.1 Å². The number of nitrogens with one attached hydrogen (secondary N) is 3. The van der Waals surface area contributed by atoms with Crippen molar-refractivity contribution in [2.75, 3.05) is 40.4 Å². The fourth-order valence-electron chi connectivity index (χ4n) is 2.72. The second kappa shape index (κ2) is 11.6. The van der Waals surface area contributed by atoms with Crippen molar-refractivity contribution in [2.45, 2.75) is 19.9 Å². The second-order valence-electron chi connectivity index (χ2n) is 5.94. The van der Waals surface area contributed by atoms with E-state index < -0.39 is 0 Å². The molecule has 1 unspecified atom stereocenters. The Hall–Kier alpha value is -2.24. The van der Waals surface area contributed by atoms with Crippen molar-refractivity contribution in [2.24, 2.45) is 4.99 Å². The van der Waals surface area contributed by atoms with E-state index in [4.69, 9.17) is 9.47 Å². The van der Waals surface area contributed by atoms with Crippen LogP contribution in [0.4, 0.5) is 4.79 Å². The first kappa shape index (κ1) is 23.8. The van der Waals surface area contributed by atoms with Gasteiger partial charge in [-0.05, 0) is 32.0 Å². The van der Waals surface area contributed by atoms with E-state index >= 15 is 0 Å². The highest BCUT2D eigenvalue weighted by Crippen LogP contribution is 2.29. The van der Waals surface area contributed by atoms with Gasteiger partial charge in [-0.15, -0.1) is 24.0 Å². The number of ether oxygens (including phenoxy) is 2. The van der Waals surface area contributed by atoms with Gasteiger partial charge in [0.05, 0.1) is 39.9 Å². The summed E-state index contributed by atoms with van der Waals surface area (Å²) < 4.78 is 10.7. The summed E-state index contributed by atoms with van der Waals surface area (Å²) >= 11 is 0. The molecule has 3 N–H and O–H groups in total. The average Bonchev–Trinajstić information content (AvgIpc) is 2.99. The first-order valence-electron chi connectivity index (χ1n) is 8.85. The summed E-state index contributed by atoms with van der Waals surface area (Å²) in [6, 6.07) is 5.13. The number of nitrogens with zero attached hydrogens (tertiary/aromatic N) is 2. The van der Waals surface area contributed by atoms with Gasteiger partial charge in [0.25, 0.3) is 0 Å². The lowest BCUT2D eigenvalue weighted by atomic mass is 10.1. The van der Waals surface area contributed by atoms with Crippen LogP contribution in [0.25, 0.3) is 0 Å². The molecule has 1 aliphatic rings. The maximum absolute atomic E-state index is 11.6. The highest BCUT2D eigenvalue weighted by molar-refractivity contribution is 14.0. The molecule has 0 saturated carbocycles. The monoisotopic (exact) mass is 505 g/mol. The van der Waals surface area contributed by atoms with Crippen molar-refractivity contribution in [3.05, 3.63) is 23.8 Å². The molecule has 0 aromatic heterocycles. The lowest BCUT2D eigenvalue weighted by molar-refractivity contribution is -0.124. The Bertz CT molecular complexity index is 697. The molecule has 1 heterocycles. The Morgan fingerprint density at radius 3 is 2.64 bits per heavy atom. The maximum atomic E-state index is 11.6. The number of amides is 3. The van der Waals surface area contributed by atoms with Crippen molar-refractivity contribution in [1.82, 2.24) is 20.9 Å². The van der Waals surface area contributed by atoms with Gasteiger partial charge in [-0.25, -0.2) is 4.79 Å². The fraction of sp³-hybridized carbons (Fsp3) is 0.500. The number of halogens is 1. The molecule has 1 atom stereocenters. The van der Waals surface area contributed by atoms with E-state index in [1.54, 1.807) is 14.2 Å².